The Labute approximate surface area is 75.9 Å². The van der Waals surface area contributed by atoms with E-state index >= 15 is 0 Å². The first-order valence-electron chi connectivity index (χ1n) is 4.49. The average Bonchev–Trinajstić information content (AvgIpc) is 2.04. The molecule has 0 fully saturated rings. The second-order valence-corrected chi connectivity index (χ2v) is 3.12. The third-order valence-electron chi connectivity index (χ3n) is 1.80. The Bertz CT molecular complexity index is 197. The van der Waals surface area contributed by atoms with Gasteiger partial charge in [0.1, 0.15) is 0 Å². The molecule has 0 saturated heterocycles. The summed E-state index contributed by atoms with van der Waals surface area (Å²) < 4.78 is 0. The van der Waals surface area contributed by atoms with Crippen molar-refractivity contribution in [3.63, 3.8) is 0 Å². The van der Waals surface area contributed by atoms with Crippen LogP contribution in [0.25, 0.3) is 0 Å². The Kier molecular flexibility index (Phi) is 5.35. The lowest BCUT2D eigenvalue weighted by Crippen LogP contribution is -1.94. The van der Waals surface area contributed by atoms with Crippen molar-refractivity contribution in [3.8, 4) is 0 Å². The molecule has 0 aromatic heterocycles. The first-order chi connectivity index (χ1) is 5.61. The lowest BCUT2D eigenvalue weighted by atomic mass is 10.0. The fourth-order valence-corrected chi connectivity index (χ4v) is 0.814. The average molecular weight is 165 g/mol. The van der Waals surface area contributed by atoms with E-state index < -0.39 is 0 Å². The smallest absolute Gasteiger partial charge is 0.0329 e. The molecule has 0 bridgehead atoms. The summed E-state index contributed by atoms with van der Waals surface area (Å²) in [5.41, 5.74) is 2.21. The Hall–Kier alpha value is -0.850. The van der Waals surface area contributed by atoms with E-state index in [4.69, 9.17) is 0 Å². The van der Waals surface area contributed by atoms with E-state index in [0.29, 0.717) is 5.92 Å². The normalized spacial score (nSPS) is 12.9. The molecule has 0 heterocycles. The minimum atomic E-state index is 0.545. The van der Waals surface area contributed by atoms with Crippen LogP contribution in [0.2, 0.25) is 0 Å². The molecule has 1 heteroatoms. The van der Waals surface area contributed by atoms with E-state index in [-0.39, 0.29) is 0 Å². The first-order valence-corrected chi connectivity index (χ1v) is 4.49. The molecular formula is C11H19N. The Morgan fingerprint density at radius 3 is 2.42 bits per heavy atom. The molecule has 12 heavy (non-hydrogen) atoms. The predicted octanol–water partition coefficient (Wildman–Crippen LogP) is 3.58. The van der Waals surface area contributed by atoms with Crippen LogP contribution < -0.4 is 0 Å². The summed E-state index contributed by atoms with van der Waals surface area (Å²) in [6.45, 7) is 12.2. The fourth-order valence-electron chi connectivity index (χ4n) is 0.814. The Morgan fingerprint density at radius 1 is 1.50 bits per heavy atom. The maximum Gasteiger partial charge on any atom is 0.0329 e. The molecule has 0 aromatic rings. The van der Waals surface area contributed by atoms with Crippen molar-refractivity contribution < 1.29 is 0 Å². The predicted molar refractivity (Wildman–Crippen MR) is 56.5 cm³/mol. The highest BCUT2D eigenvalue weighted by Gasteiger charge is 1.97. The van der Waals surface area contributed by atoms with Crippen molar-refractivity contribution in [1.29, 1.82) is 0 Å². The van der Waals surface area contributed by atoms with Crippen LogP contribution in [0.4, 0.5) is 0 Å². The third-order valence-corrected chi connectivity index (χ3v) is 1.80. The SMILES string of the molecule is C=C(CC)N=C/C(=C\C)C(C)C. The number of hydrogen-bond acceptors (Lipinski definition) is 1. The second kappa shape index (κ2) is 5.76. The minimum Gasteiger partial charge on any atom is -0.262 e. The third kappa shape index (κ3) is 4.12. The van der Waals surface area contributed by atoms with Crippen molar-refractivity contribution in [2.75, 3.05) is 0 Å². The zero-order chi connectivity index (χ0) is 9.56. The topological polar surface area (TPSA) is 12.4 Å². The summed E-state index contributed by atoms with van der Waals surface area (Å²) >= 11 is 0. The van der Waals surface area contributed by atoms with Gasteiger partial charge in [0.05, 0.1) is 0 Å². The molecule has 0 aliphatic heterocycles. The van der Waals surface area contributed by atoms with Gasteiger partial charge >= 0.3 is 0 Å². The van der Waals surface area contributed by atoms with Crippen molar-refractivity contribution in [2.45, 2.75) is 34.1 Å². The van der Waals surface area contributed by atoms with Gasteiger partial charge in [0.25, 0.3) is 0 Å². The van der Waals surface area contributed by atoms with E-state index in [0.717, 1.165) is 12.1 Å². The van der Waals surface area contributed by atoms with Crippen LogP contribution in [0.1, 0.15) is 34.1 Å². The Morgan fingerprint density at radius 2 is 2.08 bits per heavy atom. The first kappa shape index (κ1) is 11.2. The van der Waals surface area contributed by atoms with E-state index in [1.807, 2.05) is 13.1 Å². The van der Waals surface area contributed by atoms with Gasteiger partial charge in [0.2, 0.25) is 0 Å². The van der Waals surface area contributed by atoms with Gasteiger partial charge in [-0.05, 0) is 24.8 Å². The van der Waals surface area contributed by atoms with Gasteiger partial charge in [0.15, 0.2) is 0 Å². The molecule has 0 rings (SSSR count). The molecule has 0 atom stereocenters. The molecule has 0 radical (unpaired) electrons. The minimum absolute atomic E-state index is 0.545. The lowest BCUT2D eigenvalue weighted by Gasteiger charge is -2.03. The second-order valence-electron chi connectivity index (χ2n) is 3.12. The van der Waals surface area contributed by atoms with Crippen LogP contribution >= 0.6 is 0 Å². The van der Waals surface area contributed by atoms with E-state index in [1.165, 1.54) is 5.57 Å². The standard InChI is InChI=1S/C11H19N/c1-6-10(5)12-8-11(7-2)9(3)4/h7-9H,5-6H2,1-4H3/b11-7+,12-8?. The molecule has 0 unspecified atom stereocenters. The molecule has 0 aromatic carbocycles. The summed E-state index contributed by atoms with van der Waals surface area (Å²) in [4.78, 5) is 4.25. The zero-order valence-corrected chi connectivity index (χ0v) is 8.59. The molecule has 1 nitrogen and oxygen atoms in total. The van der Waals surface area contributed by atoms with E-state index in [2.05, 4.69) is 38.4 Å². The van der Waals surface area contributed by atoms with Crippen molar-refractivity contribution in [2.24, 2.45) is 10.9 Å². The maximum absolute atomic E-state index is 4.25. The lowest BCUT2D eigenvalue weighted by molar-refractivity contribution is 0.804. The van der Waals surface area contributed by atoms with Crippen LogP contribution in [0.3, 0.4) is 0 Å². The van der Waals surface area contributed by atoms with Crippen LogP contribution in [0.15, 0.2) is 28.9 Å². The van der Waals surface area contributed by atoms with Gasteiger partial charge in [-0.2, -0.15) is 0 Å². The quantitative estimate of drug-likeness (QED) is 0.564. The highest BCUT2D eigenvalue weighted by Crippen LogP contribution is 2.07. The number of aliphatic imine (C=N–C) groups is 1. The van der Waals surface area contributed by atoms with Gasteiger partial charge in [-0.1, -0.05) is 33.4 Å². The van der Waals surface area contributed by atoms with Gasteiger partial charge < -0.3 is 0 Å². The van der Waals surface area contributed by atoms with Crippen molar-refractivity contribution in [1.82, 2.24) is 0 Å². The number of allylic oxidation sites excluding steroid dienone is 3. The molecule has 0 aliphatic rings. The Balaban J connectivity index is 4.22. The maximum atomic E-state index is 4.25. The summed E-state index contributed by atoms with van der Waals surface area (Å²) in [5, 5.41) is 0. The van der Waals surface area contributed by atoms with E-state index in [9.17, 15) is 0 Å². The molecule has 0 amide bonds. The molecule has 68 valence electrons. The van der Waals surface area contributed by atoms with Crippen LogP contribution in [-0.4, -0.2) is 6.21 Å². The molecule has 0 aliphatic carbocycles. The van der Waals surface area contributed by atoms with Crippen molar-refractivity contribution in [3.05, 3.63) is 23.9 Å². The van der Waals surface area contributed by atoms with Gasteiger partial charge in [-0.3, -0.25) is 4.99 Å². The largest absolute Gasteiger partial charge is 0.262 e. The number of hydrogen-bond donors (Lipinski definition) is 0. The summed E-state index contributed by atoms with van der Waals surface area (Å²) in [5.74, 6) is 0.545. The zero-order valence-electron chi connectivity index (χ0n) is 8.59. The van der Waals surface area contributed by atoms with Gasteiger partial charge in [0, 0.05) is 11.9 Å². The number of nitrogens with zero attached hydrogens (tertiary/aromatic N) is 1. The van der Waals surface area contributed by atoms with E-state index in [1.54, 1.807) is 0 Å². The van der Waals surface area contributed by atoms with Crippen LogP contribution in [-0.2, 0) is 0 Å². The van der Waals surface area contributed by atoms with Crippen molar-refractivity contribution >= 4 is 6.21 Å². The van der Waals surface area contributed by atoms with Crippen LogP contribution in [0, 0.1) is 5.92 Å². The summed E-state index contributed by atoms with van der Waals surface area (Å²) in [6.07, 6.45) is 4.93. The fraction of sp³-hybridized carbons (Fsp3) is 0.545. The number of rotatable bonds is 4. The highest BCUT2D eigenvalue weighted by atomic mass is 14.7. The molecular weight excluding hydrogens is 146 g/mol. The van der Waals surface area contributed by atoms with Gasteiger partial charge in [-0.15, -0.1) is 0 Å². The molecule has 0 spiro atoms. The summed E-state index contributed by atoms with van der Waals surface area (Å²) in [6, 6.07) is 0. The molecule has 0 N–H and O–H groups in total. The summed E-state index contributed by atoms with van der Waals surface area (Å²) in [7, 11) is 0. The molecule has 0 saturated carbocycles. The van der Waals surface area contributed by atoms with Gasteiger partial charge in [-0.25, -0.2) is 0 Å². The highest BCUT2D eigenvalue weighted by molar-refractivity contribution is 5.79. The monoisotopic (exact) mass is 165 g/mol. The van der Waals surface area contributed by atoms with Crippen LogP contribution in [0.5, 0.6) is 0 Å².